The van der Waals surface area contributed by atoms with Gasteiger partial charge in [0.25, 0.3) is 0 Å². The van der Waals surface area contributed by atoms with Crippen LogP contribution in [0.1, 0.15) is 31.0 Å². The van der Waals surface area contributed by atoms with Crippen LogP contribution in [0.15, 0.2) is 42.9 Å². The zero-order valence-electron chi connectivity index (χ0n) is 14.3. The van der Waals surface area contributed by atoms with Gasteiger partial charge >= 0.3 is 5.97 Å². The largest absolute Gasteiger partial charge is 0.481 e. The summed E-state index contributed by atoms with van der Waals surface area (Å²) in [6.45, 7) is 2.94. The molecule has 0 bridgehead atoms. The van der Waals surface area contributed by atoms with Crippen LogP contribution in [-0.4, -0.2) is 44.0 Å². The molecule has 1 amide bonds. The number of amides is 1. The lowest BCUT2D eigenvalue weighted by Gasteiger charge is -2.36. The molecule has 1 aromatic carbocycles. The average molecular weight is 341 g/mol. The van der Waals surface area contributed by atoms with Crippen LogP contribution in [0.5, 0.6) is 0 Å². The molecule has 2 heterocycles. The molecule has 1 N–H and O–H groups in total. The van der Waals surface area contributed by atoms with Gasteiger partial charge in [0.15, 0.2) is 0 Å². The van der Waals surface area contributed by atoms with E-state index in [-0.39, 0.29) is 18.4 Å². The Morgan fingerprint density at radius 3 is 2.72 bits per heavy atom. The second-order valence-electron chi connectivity index (χ2n) is 6.68. The fraction of sp³-hybridized carbons (Fsp3) is 0.421. The van der Waals surface area contributed by atoms with Crippen molar-refractivity contribution in [3.8, 4) is 0 Å². The quantitative estimate of drug-likeness (QED) is 0.904. The molecule has 0 radical (unpaired) electrons. The third-order valence-electron chi connectivity index (χ3n) is 4.88. The number of carbonyl (C=O) groups is 2. The van der Waals surface area contributed by atoms with Crippen LogP contribution >= 0.6 is 0 Å². The fourth-order valence-corrected chi connectivity index (χ4v) is 3.33. The molecule has 6 heteroatoms. The number of aromatic nitrogens is 2. The molecule has 0 spiro atoms. The number of likely N-dealkylation sites (tertiary alicyclic amines) is 1. The van der Waals surface area contributed by atoms with Gasteiger partial charge in [-0.1, -0.05) is 30.3 Å². The van der Waals surface area contributed by atoms with Crippen LogP contribution in [0.2, 0.25) is 0 Å². The van der Waals surface area contributed by atoms with Crippen LogP contribution in [0, 0.1) is 5.92 Å². The maximum absolute atomic E-state index is 12.7. The Balaban J connectivity index is 1.69. The van der Waals surface area contributed by atoms with Crippen molar-refractivity contribution < 1.29 is 14.7 Å². The van der Waals surface area contributed by atoms with E-state index >= 15 is 0 Å². The lowest BCUT2D eigenvalue weighted by molar-refractivity contribution is -0.147. The van der Waals surface area contributed by atoms with Crippen LogP contribution in [0.4, 0.5) is 0 Å². The Bertz CT molecular complexity index is 741. The van der Waals surface area contributed by atoms with Crippen molar-refractivity contribution in [3.05, 3.63) is 54.1 Å². The van der Waals surface area contributed by atoms with Gasteiger partial charge in [-0.05, 0) is 25.3 Å². The topological polar surface area (TPSA) is 75.4 Å². The lowest BCUT2D eigenvalue weighted by atomic mass is 9.93. The SMILES string of the molecule is CC1CCC(C(=O)O)CN1C(=O)Cc1cncn1Cc1ccccc1. The van der Waals surface area contributed by atoms with Crippen molar-refractivity contribution in [3.63, 3.8) is 0 Å². The predicted octanol–water partition coefficient (Wildman–Crippen LogP) is 2.19. The molecule has 2 atom stereocenters. The summed E-state index contributed by atoms with van der Waals surface area (Å²) in [5.41, 5.74) is 1.99. The average Bonchev–Trinajstić information content (AvgIpc) is 3.02. The van der Waals surface area contributed by atoms with Crippen LogP contribution in [0.25, 0.3) is 0 Å². The summed E-state index contributed by atoms with van der Waals surface area (Å²) in [6, 6.07) is 10.1. The first-order chi connectivity index (χ1) is 12.0. The Kier molecular flexibility index (Phi) is 5.16. The molecule has 1 aliphatic rings. The van der Waals surface area contributed by atoms with Gasteiger partial charge < -0.3 is 14.6 Å². The first-order valence-corrected chi connectivity index (χ1v) is 8.60. The van der Waals surface area contributed by atoms with E-state index in [2.05, 4.69) is 4.98 Å². The smallest absolute Gasteiger partial charge is 0.308 e. The minimum atomic E-state index is -0.821. The van der Waals surface area contributed by atoms with Gasteiger partial charge in [-0.2, -0.15) is 0 Å². The molecule has 1 saturated heterocycles. The van der Waals surface area contributed by atoms with Crippen LogP contribution in [-0.2, 0) is 22.6 Å². The predicted molar refractivity (Wildman–Crippen MR) is 93.0 cm³/mol. The standard InChI is InChI=1S/C19H23N3O3/c1-14-7-8-16(19(24)25)12-22(14)18(23)9-17-10-20-13-21(17)11-15-5-3-2-4-6-15/h2-6,10,13-14,16H,7-9,11-12H2,1H3,(H,24,25). The van der Waals surface area contributed by atoms with Gasteiger partial charge in [0.05, 0.1) is 18.7 Å². The molecule has 1 fully saturated rings. The third-order valence-corrected chi connectivity index (χ3v) is 4.88. The van der Waals surface area contributed by atoms with Crippen molar-refractivity contribution in [1.29, 1.82) is 0 Å². The van der Waals surface area contributed by atoms with E-state index in [1.54, 1.807) is 17.4 Å². The molecule has 6 nitrogen and oxygen atoms in total. The van der Waals surface area contributed by atoms with E-state index in [4.69, 9.17) is 0 Å². The number of hydrogen-bond acceptors (Lipinski definition) is 3. The van der Waals surface area contributed by atoms with Crippen LogP contribution < -0.4 is 0 Å². The summed E-state index contributed by atoms with van der Waals surface area (Å²) in [5, 5.41) is 9.24. The number of carboxylic acids is 1. The summed E-state index contributed by atoms with van der Waals surface area (Å²) in [6.07, 6.45) is 5.04. The zero-order valence-corrected chi connectivity index (χ0v) is 14.3. The number of carbonyl (C=O) groups excluding carboxylic acids is 1. The number of carboxylic acid groups (broad SMARTS) is 1. The fourth-order valence-electron chi connectivity index (χ4n) is 3.33. The molecule has 0 aliphatic carbocycles. The summed E-state index contributed by atoms with van der Waals surface area (Å²) in [4.78, 5) is 29.9. The maximum Gasteiger partial charge on any atom is 0.308 e. The molecule has 0 saturated carbocycles. The van der Waals surface area contributed by atoms with E-state index in [0.717, 1.165) is 17.7 Å². The maximum atomic E-state index is 12.7. The first-order valence-electron chi connectivity index (χ1n) is 8.60. The normalized spacial score (nSPS) is 20.4. The Morgan fingerprint density at radius 2 is 2.00 bits per heavy atom. The molecular formula is C19H23N3O3. The van der Waals surface area contributed by atoms with Crippen molar-refractivity contribution in [2.45, 2.75) is 38.8 Å². The minimum Gasteiger partial charge on any atom is -0.481 e. The number of imidazole rings is 1. The molecule has 1 aromatic heterocycles. The highest BCUT2D eigenvalue weighted by molar-refractivity contribution is 5.80. The molecule has 1 aliphatic heterocycles. The third kappa shape index (κ3) is 4.07. The van der Waals surface area contributed by atoms with Crippen molar-refractivity contribution >= 4 is 11.9 Å². The highest BCUT2D eigenvalue weighted by Crippen LogP contribution is 2.23. The Morgan fingerprint density at radius 1 is 1.24 bits per heavy atom. The van der Waals surface area contributed by atoms with E-state index in [1.807, 2.05) is 41.8 Å². The van der Waals surface area contributed by atoms with E-state index in [9.17, 15) is 14.7 Å². The first kappa shape index (κ1) is 17.2. The van der Waals surface area contributed by atoms with E-state index in [1.165, 1.54) is 0 Å². The van der Waals surface area contributed by atoms with Gasteiger partial charge in [0.1, 0.15) is 0 Å². The van der Waals surface area contributed by atoms with Crippen molar-refractivity contribution in [1.82, 2.24) is 14.5 Å². The van der Waals surface area contributed by atoms with Crippen molar-refractivity contribution in [2.24, 2.45) is 5.92 Å². The molecular weight excluding hydrogens is 318 g/mol. The number of aliphatic carboxylic acids is 1. The Hall–Kier alpha value is -2.63. The summed E-state index contributed by atoms with van der Waals surface area (Å²) in [5.74, 6) is -1.32. The molecule has 25 heavy (non-hydrogen) atoms. The van der Waals surface area contributed by atoms with Gasteiger partial charge in [0, 0.05) is 31.0 Å². The minimum absolute atomic E-state index is 0.0340. The summed E-state index contributed by atoms with van der Waals surface area (Å²) < 4.78 is 1.97. The highest BCUT2D eigenvalue weighted by Gasteiger charge is 2.32. The zero-order chi connectivity index (χ0) is 17.8. The monoisotopic (exact) mass is 341 g/mol. The van der Waals surface area contributed by atoms with E-state index in [0.29, 0.717) is 19.5 Å². The lowest BCUT2D eigenvalue weighted by Crippen LogP contribution is -2.48. The van der Waals surface area contributed by atoms with Gasteiger partial charge in [0.2, 0.25) is 5.91 Å². The highest BCUT2D eigenvalue weighted by atomic mass is 16.4. The number of rotatable bonds is 5. The van der Waals surface area contributed by atoms with Crippen LogP contribution in [0.3, 0.4) is 0 Å². The number of nitrogens with zero attached hydrogens (tertiary/aromatic N) is 3. The number of hydrogen-bond donors (Lipinski definition) is 1. The molecule has 2 aromatic rings. The second kappa shape index (κ2) is 7.51. The van der Waals surface area contributed by atoms with E-state index < -0.39 is 11.9 Å². The van der Waals surface area contributed by atoms with Gasteiger partial charge in [-0.3, -0.25) is 9.59 Å². The molecule has 2 unspecified atom stereocenters. The number of benzene rings is 1. The van der Waals surface area contributed by atoms with Gasteiger partial charge in [-0.15, -0.1) is 0 Å². The molecule has 3 rings (SSSR count). The number of piperidine rings is 1. The van der Waals surface area contributed by atoms with Gasteiger partial charge in [-0.25, -0.2) is 4.98 Å². The Labute approximate surface area is 147 Å². The second-order valence-corrected chi connectivity index (χ2v) is 6.68. The summed E-state index contributed by atoms with van der Waals surface area (Å²) in [7, 11) is 0. The van der Waals surface area contributed by atoms with Crippen molar-refractivity contribution in [2.75, 3.05) is 6.54 Å². The summed E-state index contributed by atoms with van der Waals surface area (Å²) >= 11 is 0. The molecule has 132 valence electrons.